The predicted octanol–water partition coefficient (Wildman–Crippen LogP) is 0.809. The van der Waals surface area contributed by atoms with E-state index in [9.17, 15) is 13.2 Å². The average Bonchev–Trinajstić information content (AvgIpc) is 2.49. The topological polar surface area (TPSA) is 78.5 Å². The third-order valence-corrected chi connectivity index (χ3v) is 5.38. The molecule has 0 aliphatic carbocycles. The summed E-state index contributed by atoms with van der Waals surface area (Å²) in [6, 6.07) is 6.21. The fourth-order valence-electron chi connectivity index (χ4n) is 2.48. The molecule has 2 N–H and O–H groups in total. The average molecular weight is 325 g/mol. The van der Waals surface area contributed by atoms with E-state index >= 15 is 0 Å². The first-order valence-electron chi connectivity index (χ1n) is 7.51. The number of hydrogen-bond donors (Lipinski definition) is 2. The van der Waals surface area contributed by atoms with Crippen molar-refractivity contribution >= 4 is 15.9 Å². The van der Waals surface area contributed by atoms with Crippen molar-refractivity contribution in [3.05, 3.63) is 29.8 Å². The van der Waals surface area contributed by atoms with Crippen LogP contribution in [0.15, 0.2) is 29.2 Å². The van der Waals surface area contributed by atoms with E-state index in [1.807, 2.05) is 0 Å². The van der Waals surface area contributed by atoms with Gasteiger partial charge in [0.25, 0.3) is 5.91 Å². The molecule has 122 valence electrons. The van der Waals surface area contributed by atoms with Crippen LogP contribution >= 0.6 is 0 Å². The normalized spacial score (nSPS) is 17.4. The van der Waals surface area contributed by atoms with Gasteiger partial charge in [0.05, 0.1) is 4.90 Å². The molecule has 1 heterocycles. The Hall–Kier alpha value is -1.44. The Morgan fingerprint density at radius 2 is 1.82 bits per heavy atom. The van der Waals surface area contributed by atoms with Crippen LogP contribution in [0.2, 0.25) is 0 Å². The molecule has 1 aliphatic heterocycles. The summed E-state index contributed by atoms with van der Waals surface area (Å²) in [5.74, 6) is -0.151. The van der Waals surface area contributed by atoms with E-state index < -0.39 is 10.0 Å². The summed E-state index contributed by atoms with van der Waals surface area (Å²) in [5, 5.41) is 3.01. The van der Waals surface area contributed by atoms with Crippen LogP contribution in [0, 0.1) is 0 Å². The summed E-state index contributed by atoms with van der Waals surface area (Å²) in [6.07, 6.45) is 1.88. The monoisotopic (exact) mass is 325 g/mol. The SMILES string of the molecule is CCNS(=O)(=O)c1ccc(C(=O)NC2CCN(C)CC2)cc1. The second kappa shape index (κ2) is 7.21. The molecule has 2 rings (SSSR count). The number of benzene rings is 1. The van der Waals surface area contributed by atoms with Gasteiger partial charge in [0.1, 0.15) is 0 Å². The third kappa shape index (κ3) is 4.28. The first kappa shape index (κ1) is 16.9. The molecular weight excluding hydrogens is 302 g/mol. The minimum absolute atomic E-state index is 0.151. The molecule has 0 radical (unpaired) electrons. The van der Waals surface area contributed by atoms with Crippen LogP contribution in [0.3, 0.4) is 0 Å². The van der Waals surface area contributed by atoms with Gasteiger partial charge in [0, 0.05) is 18.2 Å². The highest BCUT2D eigenvalue weighted by Gasteiger charge is 2.19. The molecule has 7 heteroatoms. The summed E-state index contributed by atoms with van der Waals surface area (Å²) in [7, 11) is -1.40. The van der Waals surface area contributed by atoms with Crippen molar-refractivity contribution in [1.82, 2.24) is 14.9 Å². The van der Waals surface area contributed by atoms with Crippen LogP contribution in [0.4, 0.5) is 0 Å². The summed E-state index contributed by atoms with van der Waals surface area (Å²) < 4.78 is 26.1. The van der Waals surface area contributed by atoms with Crippen LogP contribution in [-0.4, -0.2) is 51.9 Å². The lowest BCUT2D eigenvalue weighted by atomic mass is 10.0. The first-order valence-corrected chi connectivity index (χ1v) is 9.00. The van der Waals surface area contributed by atoms with Crippen LogP contribution < -0.4 is 10.0 Å². The lowest BCUT2D eigenvalue weighted by molar-refractivity contribution is 0.0917. The number of hydrogen-bond acceptors (Lipinski definition) is 4. The predicted molar refractivity (Wildman–Crippen MR) is 85.3 cm³/mol. The van der Waals surface area contributed by atoms with Crippen molar-refractivity contribution in [1.29, 1.82) is 0 Å². The number of likely N-dealkylation sites (tertiary alicyclic amines) is 1. The number of carbonyl (C=O) groups is 1. The summed E-state index contributed by atoms with van der Waals surface area (Å²) >= 11 is 0. The molecule has 0 atom stereocenters. The molecular formula is C15H23N3O3S. The maximum Gasteiger partial charge on any atom is 0.251 e. The standard InChI is InChI=1S/C15H23N3O3S/c1-3-16-22(20,21)14-6-4-12(5-7-14)15(19)17-13-8-10-18(2)11-9-13/h4-7,13,16H,3,8-11H2,1-2H3,(H,17,19). The molecule has 0 unspecified atom stereocenters. The van der Waals surface area contributed by atoms with Crippen LogP contribution in [0.25, 0.3) is 0 Å². The minimum atomic E-state index is -3.47. The molecule has 1 fully saturated rings. The van der Waals surface area contributed by atoms with Gasteiger partial charge < -0.3 is 10.2 Å². The molecule has 6 nitrogen and oxygen atoms in total. The van der Waals surface area contributed by atoms with Gasteiger partial charge in [0.15, 0.2) is 0 Å². The van der Waals surface area contributed by atoms with Crippen molar-refractivity contribution in [3.63, 3.8) is 0 Å². The minimum Gasteiger partial charge on any atom is -0.349 e. The van der Waals surface area contributed by atoms with Crippen molar-refractivity contribution < 1.29 is 13.2 Å². The molecule has 1 aromatic rings. The second-order valence-corrected chi connectivity index (χ2v) is 7.34. The van der Waals surface area contributed by atoms with Gasteiger partial charge in [0.2, 0.25) is 10.0 Å². The number of nitrogens with one attached hydrogen (secondary N) is 2. The zero-order valence-electron chi connectivity index (χ0n) is 13.0. The number of amides is 1. The zero-order valence-corrected chi connectivity index (χ0v) is 13.8. The Morgan fingerprint density at radius 3 is 2.36 bits per heavy atom. The highest BCUT2D eigenvalue weighted by molar-refractivity contribution is 7.89. The number of rotatable bonds is 5. The van der Waals surface area contributed by atoms with E-state index in [0.29, 0.717) is 12.1 Å². The lowest BCUT2D eigenvalue weighted by Gasteiger charge is -2.29. The number of piperidine rings is 1. The smallest absolute Gasteiger partial charge is 0.251 e. The van der Waals surface area contributed by atoms with Crippen LogP contribution in [0.1, 0.15) is 30.1 Å². The Morgan fingerprint density at radius 1 is 1.23 bits per heavy atom. The van der Waals surface area contributed by atoms with Crippen molar-refractivity contribution in [2.24, 2.45) is 0 Å². The fraction of sp³-hybridized carbons (Fsp3) is 0.533. The van der Waals surface area contributed by atoms with Gasteiger partial charge in [-0.2, -0.15) is 0 Å². The molecule has 1 aliphatic rings. The van der Waals surface area contributed by atoms with E-state index in [1.54, 1.807) is 19.1 Å². The second-order valence-electron chi connectivity index (χ2n) is 5.58. The van der Waals surface area contributed by atoms with Crippen LogP contribution in [0.5, 0.6) is 0 Å². The molecule has 0 spiro atoms. The summed E-state index contributed by atoms with van der Waals surface area (Å²) in [5.41, 5.74) is 0.481. The van der Waals surface area contributed by atoms with E-state index in [2.05, 4.69) is 22.0 Å². The largest absolute Gasteiger partial charge is 0.349 e. The molecule has 1 saturated heterocycles. The highest BCUT2D eigenvalue weighted by atomic mass is 32.2. The maximum absolute atomic E-state index is 12.2. The molecule has 0 aromatic heterocycles. The Labute approximate surface area is 131 Å². The van der Waals surface area contributed by atoms with Crippen molar-refractivity contribution in [3.8, 4) is 0 Å². The highest BCUT2D eigenvalue weighted by Crippen LogP contribution is 2.12. The maximum atomic E-state index is 12.2. The fourth-order valence-corrected chi connectivity index (χ4v) is 3.52. The molecule has 22 heavy (non-hydrogen) atoms. The van der Waals surface area contributed by atoms with E-state index in [-0.39, 0.29) is 16.8 Å². The van der Waals surface area contributed by atoms with Gasteiger partial charge >= 0.3 is 0 Å². The van der Waals surface area contributed by atoms with Crippen LogP contribution in [-0.2, 0) is 10.0 Å². The number of carbonyl (C=O) groups excluding carboxylic acids is 1. The van der Waals surface area contributed by atoms with Crippen molar-refractivity contribution in [2.75, 3.05) is 26.7 Å². The van der Waals surface area contributed by atoms with E-state index in [0.717, 1.165) is 25.9 Å². The first-order chi connectivity index (χ1) is 10.4. The van der Waals surface area contributed by atoms with Gasteiger partial charge in [-0.1, -0.05) is 6.92 Å². The van der Waals surface area contributed by atoms with Gasteiger partial charge in [-0.25, -0.2) is 13.1 Å². The molecule has 1 amide bonds. The zero-order chi connectivity index (χ0) is 16.2. The van der Waals surface area contributed by atoms with Gasteiger partial charge in [-0.05, 0) is 57.2 Å². The van der Waals surface area contributed by atoms with Gasteiger partial charge in [-0.15, -0.1) is 0 Å². The Kier molecular flexibility index (Phi) is 5.55. The van der Waals surface area contributed by atoms with E-state index in [1.165, 1.54) is 12.1 Å². The van der Waals surface area contributed by atoms with Gasteiger partial charge in [-0.3, -0.25) is 4.79 Å². The quantitative estimate of drug-likeness (QED) is 0.840. The van der Waals surface area contributed by atoms with E-state index in [4.69, 9.17) is 0 Å². The number of sulfonamides is 1. The lowest BCUT2D eigenvalue weighted by Crippen LogP contribution is -2.43. The number of nitrogens with zero attached hydrogens (tertiary/aromatic N) is 1. The molecule has 1 aromatic carbocycles. The summed E-state index contributed by atoms with van der Waals surface area (Å²) in [4.78, 5) is 14.6. The summed E-state index contributed by atoms with van der Waals surface area (Å²) in [6.45, 7) is 4.01. The Bertz CT molecular complexity index is 605. The molecule has 0 saturated carbocycles. The Balaban J connectivity index is 1.99. The molecule has 0 bridgehead atoms. The third-order valence-electron chi connectivity index (χ3n) is 3.81. The van der Waals surface area contributed by atoms with Crippen molar-refractivity contribution in [2.45, 2.75) is 30.7 Å².